The van der Waals surface area contributed by atoms with Crippen LogP contribution in [-0.2, 0) is 0 Å². The molecule has 0 amide bonds. The Kier molecular flexibility index (Phi) is 1.36. The smallest absolute Gasteiger partial charge is 0.00383 e. The number of hydrogen-bond donors (Lipinski definition) is 0. The van der Waals surface area contributed by atoms with Crippen molar-refractivity contribution in [3.8, 4) is 0 Å². The van der Waals surface area contributed by atoms with Crippen molar-refractivity contribution in [2.75, 3.05) is 0 Å². The third-order valence-corrected chi connectivity index (χ3v) is 3.18. The van der Waals surface area contributed by atoms with Gasteiger partial charge >= 0.3 is 0 Å². The summed E-state index contributed by atoms with van der Waals surface area (Å²) in [5.41, 5.74) is 3.56. The van der Waals surface area contributed by atoms with E-state index in [0.29, 0.717) is 0 Å². The number of fused-ring (bicyclic) bond motifs is 1. The lowest BCUT2D eigenvalue weighted by Gasteiger charge is -2.09. The predicted octanol–water partition coefficient (Wildman–Crippen LogP) is 3.14. The Labute approximate surface area is 63.3 Å². The molecule has 0 aliphatic heterocycles. The molecule has 56 valence electrons. The maximum absolute atomic E-state index is 2.32. The van der Waals surface area contributed by atoms with Crippen LogP contribution in [0.2, 0.25) is 0 Å². The Morgan fingerprint density at radius 2 is 2.30 bits per heavy atom. The molecule has 2 atom stereocenters. The van der Waals surface area contributed by atoms with Crippen LogP contribution in [0.3, 0.4) is 0 Å². The SMILES string of the molecule is CCCC1CCC2=C(C)C21. The normalized spacial score (nSPS) is 36.6. The van der Waals surface area contributed by atoms with Gasteiger partial charge in [0, 0.05) is 5.92 Å². The van der Waals surface area contributed by atoms with E-state index in [9.17, 15) is 0 Å². The van der Waals surface area contributed by atoms with Crippen LogP contribution in [0, 0.1) is 11.8 Å². The van der Waals surface area contributed by atoms with Crippen molar-refractivity contribution in [3.63, 3.8) is 0 Å². The quantitative estimate of drug-likeness (QED) is 0.511. The van der Waals surface area contributed by atoms with Gasteiger partial charge in [0.1, 0.15) is 0 Å². The summed E-state index contributed by atoms with van der Waals surface area (Å²) in [5, 5.41) is 0. The molecule has 0 aromatic rings. The summed E-state index contributed by atoms with van der Waals surface area (Å²) in [6.07, 6.45) is 5.76. The van der Waals surface area contributed by atoms with Crippen molar-refractivity contribution in [1.29, 1.82) is 0 Å². The van der Waals surface area contributed by atoms with Gasteiger partial charge in [0.25, 0.3) is 0 Å². The van der Waals surface area contributed by atoms with E-state index in [1.165, 1.54) is 25.7 Å². The Hall–Kier alpha value is -0.260. The molecule has 0 bridgehead atoms. The van der Waals surface area contributed by atoms with E-state index in [1.54, 1.807) is 5.57 Å². The number of hydrogen-bond acceptors (Lipinski definition) is 0. The molecule has 1 fully saturated rings. The van der Waals surface area contributed by atoms with E-state index in [1.807, 2.05) is 5.57 Å². The highest BCUT2D eigenvalue weighted by Gasteiger charge is 2.43. The van der Waals surface area contributed by atoms with E-state index in [2.05, 4.69) is 13.8 Å². The van der Waals surface area contributed by atoms with Crippen molar-refractivity contribution >= 4 is 0 Å². The minimum atomic E-state index is 1.000. The summed E-state index contributed by atoms with van der Waals surface area (Å²) in [4.78, 5) is 0. The molecule has 1 saturated carbocycles. The van der Waals surface area contributed by atoms with Gasteiger partial charge in [0.15, 0.2) is 0 Å². The number of allylic oxidation sites excluding steroid dienone is 2. The molecule has 0 nitrogen and oxygen atoms in total. The van der Waals surface area contributed by atoms with Crippen LogP contribution >= 0.6 is 0 Å². The van der Waals surface area contributed by atoms with E-state index in [0.717, 1.165) is 11.8 Å². The summed E-state index contributed by atoms with van der Waals surface area (Å²) < 4.78 is 0. The van der Waals surface area contributed by atoms with Gasteiger partial charge in [0.2, 0.25) is 0 Å². The van der Waals surface area contributed by atoms with E-state index < -0.39 is 0 Å². The highest BCUT2D eigenvalue weighted by atomic mass is 14.5. The van der Waals surface area contributed by atoms with Crippen molar-refractivity contribution in [1.82, 2.24) is 0 Å². The molecule has 0 aromatic heterocycles. The first kappa shape index (κ1) is 6.45. The largest absolute Gasteiger partial charge is 0.0661 e. The van der Waals surface area contributed by atoms with Gasteiger partial charge in [-0.3, -0.25) is 0 Å². The molecule has 0 heterocycles. The zero-order valence-corrected chi connectivity index (χ0v) is 6.98. The minimum absolute atomic E-state index is 1.000. The molecule has 0 saturated heterocycles. The van der Waals surface area contributed by atoms with Gasteiger partial charge in [-0.15, -0.1) is 0 Å². The summed E-state index contributed by atoms with van der Waals surface area (Å²) in [7, 11) is 0. The fourth-order valence-corrected chi connectivity index (χ4v) is 2.60. The molecule has 2 aliphatic rings. The number of rotatable bonds is 2. The second-order valence-electron chi connectivity index (χ2n) is 3.77. The first-order chi connectivity index (χ1) is 4.84. The maximum Gasteiger partial charge on any atom is 0.00383 e. The van der Waals surface area contributed by atoms with Crippen LogP contribution in [-0.4, -0.2) is 0 Å². The molecule has 0 radical (unpaired) electrons. The molecule has 2 aliphatic carbocycles. The fourth-order valence-electron chi connectivity index (χ4n) is 2.60. The van der Waals surface area contributed by atoms with E-state index in [-0.39, 0.29) is 0 Å². The van der Waals surface area contributed by atoms with Crippen molar-refractivity contribution in [2.45, 2.75) is 39.5 Å². The van der Waals surface area contributed by atoms with Crippen LogP contribution in [0.4, 0.5) is 0 Å². The first-order valence-corrected chi connectivity index (χ1v) is 4.54. The van der Waals surface area contributed by atoms with Gasteiger partial charge in [-0.25, -0.2) is 0 Å². The Morgan fingerprint density at radius 1 is 1.50 bits per heavy atom. The maximum atomic E-state index is 2.32. The fraction of sp³-hybridized carbons (Fsp3) is 0.800. The Balaban J connectivity index is 1.93. The molecular weight excluding hydrogens is 120 g/mol. The second kappa shape index (κ2) is 2.11. The Morgan fingerprint density at radius 3 is 2.80 bits per heavy atom. The van der Waals surface area contributed by atoms with Crippen LogP contribution in [0.15, 0.2) is 11.1 Å². The van der Waals surface area contributed by atoms with Crippen LogP contribution in [0.25, 0.3) is 0 Å². The van der Waals surface area contributed by atoms with Crippen LogP contribution < -0.4 is 0 Å². The summed E-state index contributed by atoms with van der Waals surface area (Å²) in [6, 6.07) is 0. The monoisotopic (exact) mass is 136 g/mol. The first-order valence-electron chi connectivity index (χ1n) is 4.54. The van der Waals surface area contributed by atoms with E-state index >= 15 is 0 Å². The van der Waals surface area contributed by atoms with Gasteiger partial charge in [-0.05, 0) is 32.1 Å². The topological polar surface area (TPSA) is 0 Å². The van der Waals surface area contributed by atoms with Gasteiger partial charge < -0.3 is 0 Å². The zero-order chi connectivity index (χ0) is 7.14. The lowest BCUT2D eigenvalue weighted by Crippen LogP contribution is -1.99. The lowest BCUT2D eigenvalue weighted by molar-refractivity contribution is 0.451. The average molecular weight is 136 g/mol. The second-order valence-corrected chi connectivity index (χ2v) is 3.77. The van der Waals surface area contributed by atoms with Gasteiger partial charge in [-0.2, -0.15) is 0 Å². The zero-order valence-electron chi connectivity index (χ0n) is 6.98. The predicted molar refractivity (Wildman–Crippen MR) is 43.8 cm³/mol. The lowest BCUT2D eigenvalue weighted by atomic mass is 9.96. The van der Waals surface area contributed by atoms with Gasteiger partial charge in [-0.1, -0.05) is 24.5 Å². The third-order valence-electron chi connectivity index (χ3n) is 3.18. The minimum Gasteiger partial charge on any atom is -0.0661 e. The highest BCUT2D eigenvalue weighted by Crippen LogP contribution is 2.55. The molecule has 2 rings (SSSR count). The average Bonchev–Trinajstić information content (AvgIpc) is 2.42. The molecule has 10 heavy (non-hydrogen) atoms. The molecule has 0 spiro atoms. The van der Waals surface area contributed by atoms with Crippen molar-refractivity contribution in [3.05, 3.63) is 11.1 Å². The Bertz CT molecular complexity index is 176. The van der Waals surface area contributed by atoms with Crippen molar-refractivity contribution < 1.29 is 0 Å². The summed E-state index contributed by atoms with van der Waals surface area (Å²) >= 11 is 0. The van der Waals surface area contributed by atoms with E-state index in [4.69, 9.17) is 0 Å². The standard InChI is InChI=1S/C10H16/c1-3-4-8-5-6-9-7(2)10(8)9/h8,10H,3-6H2,1-2H3. The molecule has 0 N–H and O–H groups in total. The summed E-state index contributed by atoms with van der Waals surface area (Å²) in [5.74, 6) is 2.06. The van der Waals surface area contributed by atoms with Crippen LogP contribution in [0.1, 0.15) is 39.5 Å². The van der Waals surface area contributed by atoms with Crippen LogP contribution in [0.5, 0.6) is 0 Å². The molecular formula is C10H16. The third kappa shape index (κ3) is 0.744. The van der Waals surface area contributed by atoms with Gasteiger partial charge in [0.05, 0.1) is 0 Å². The molecule has 2 unspecified atom stereocenters. The van der Waals surface area contributed by atoms with Crippen molar-refractivity contribution in [2.24, 2.45) is 11.8 Å². The highest BCUT2D eigenvalue weighted by molar-refractivity contribution is 5.43. The molecule has 0 aromatic carbocycles. The summed E-state index contributed by atoms with van der Waals surface area (Å²) in [6.45, 7) is 4.62. The molecule has 0 heteroatoms.